The van der Waals surface area contributed by atoms with Crippen LogP contribution in [-0.4, -0.2) is 36.6 Å². The molecule has 1 heterocycles. The number of nitrogens with zero attached hydrogens (tertiary/aromatic N) is 1. The van der Waals surface area contributed by atoms with Crippen LogP contribution in [0.15, 0.2) is 30.3 Å². The number of nitro groups is 1. The van der Waals surface area contributed by atoms with Crippen molar-refractivity contribution in [3.63, 3.8) is 0 Å². The van der Waals surface area contributed by atoms with Crippen molar-refractivity contribution < 1.29 is 28.7 Å². The van der Waals surface area contributed by atoms with Gasteiger partial charge >= 0.3 is 5.97 Å². The standard InChI is InChI=1S/C19H18N2O7/c1-11-5-12(2)7-13(6-11)20-18(22)10-28-19(23)14-8-16-17(27-4-3-26-16)9-15(14)21(24)25/h5-9H,3-4,10H2,1-2H3,(H,20,22). The molecule has 0 atom stereocenters. The molecule has 9 heteroatoms. The Hall–Kier alpha value is -3.62. The zero-order valence-corrected chi connectivity index (χ0v) is 15.3. The number of fused-ring (bicyclic) bond motifs is 1. The number of rotatable bonds is 5. The van der Waals surface area contributed by atoms with Crippen LogP contribution in [0.4, 0.5) is 11.4 Å². The third-order valence-corrected chi connectivity index (χ3v) is 3.92. The maximum Gasteiger partial charge on any atom is 0.345 e. The van der Waals surface area contributed by atoms with Crippen molar-refractivity contribution in [2.75, 3.05) is 25.1 Å². The predicted molar refractivity (Wildman–Crippen MR) is 98.9 cm³/mol. The van der Waals surface area contributed by atoms with Gasteiger partial charge < -0.3 is 19.5 Å². The van der Waals surface area contributed by atoms with E-state index in [0.717, 1.165) is 17.2 Å². The van der Waals surface area contributed by atoms with Crippen LogP contribution in [0.2, 0.25) is 0 Å². The second-order valence-electron chi connectivity index (χ2n) is 6.27. The second-order valence-corrected chi connectivity index (χ2v) is 6.27. The summed E-state index contributed by atoms with van der Waals surface area (Å²) in [6, 6.07) is 7.81. The van der Waals surface area contributed by atoms with E-state index < -0.39 is 29.1 Å². The van der Waals surface area contributed by atoms with Crippen LogP contribution >= 0.6 is 0 Å². The first-order valence-electron chi connectivity index (χ1n) is 8.47. The Kier molecular flexibility index (Phi) is 5.44. The Morgan fingerprint density at radius 3 is 2.29 bits per heavy atom. The number of carbonyl (C=O) groups is 2. The van der Waals surface area contributed by atoms with E-state index in [-0.39, 0.29) is 30.3 Å². The molecule has 0 aliphatic carbocycles. The molecule has 0 spiro atoms. The first kappa shape index (κ1) is 19.2. The number of benzene rings is 2. The van der Waals surface area contributed by atoms with Gasteiger partial charge in [-0.1, -0.05) is 6.07 Å². The Labute approximate surface area is 160 Å². The molecule has 0 radical (unpaired) electrons. The van der Waals surface area contributed by atoms with E-state index in [1.807, 2.05) is 19.9 Å². The first-order valence-corrected chi connectivity index (χ1v) is 8.47. The van der Waals surface area contributed by atoms with Crippen LogP contribution < -0.4 is 14.8 Å². The number of hydrogen-bond donors (Lipinski definition) is 1. The minimum atomic E-state index is -1.00. The van der Waals surface area contributed by atoms with E-state index in [1.54, 1.807) is 12.1 Å². The average molecular weight is 386 g/mol. The fourth-order valence-corrected chi connectivity index (χ4v) is 2.85. The van der Waals surface area contributed by atoms with Crippen molar-refractivity contribution in [3.05, 3.63) is 57.1 Å². The molecule has 1 amide bonds. The third kappa shape index (κ3) is 4.37. The molecule has 0 saturated heterocycles. The molecule has 1 aliphatic rings. The molecular formula is C19H18N2O7. The van der Waals surface area contributed by atoms with Gasteiger partial charge in [0.25, 0.3) is 11.6 Å². The molecule has 146 valence electrons. The lowest BCUT2D eigenvalue weighted by atomic mass is 10.1. The highest BCUT2D eigenvalue weighted by atomic mass is 16.6. The lowest BCUT2D eigenvalue weighted by Crippen LogP contribution is -2.22. The van der Waals surface area contributed by atoms with E-state index in [9.17, 15) is 19.7 Å². The van der Waals surface area contributed by atoms with Gasteiger partial charge in [-0.15, -0.1) is 0 Å². The number of aryl methyl sites for hydroxylation is 2. The van der Waals surface area contributed by atoms with E-state index in [2.05, 4.69) is 5.32 Å². The number of hydrogen-bond acceptors (Lipinski definition) is 7. The molecule has 0 unspecified atom stereocenters. The highest BCUT2D eigenvalue weighted by Crippen LogP contribution is 2.36. The zero-order chi connectivity index (χ0) is 20.3. The number of esters is 1. The van der Waals surface area contributed by atoms with Gasteiger partial charge in [0, 0.05) is 11.8 Å². The summed E-state index contributed by atoms with van der Waals surface area (Å²) in [5.41, 5.74) is 1.72. The summed E-state index contributed by atoms with van der Waals surface area (Å²) in [5, 5.41) is 13.9. The van der Waals surface area contributed by atoms with Crippen LogP contribution in [0.5, 0.6) is 11.5 Å². The van der Waals surface area contributed by atoms with Gasteiger partial charge in [-0.05, 0) is 37.1 Å². The summed E-state index contributed by atoms with van der Waals surface area (Å²) >= 11 is 0. The molecule has 2 aromatic carbocycles. The maximum absolute atomic E-state index is 12.3. The maximum atomic E-state index is 12.3. The highest BCUT2D eigenvalue weighted by molar-refractivity contribution is 5.98. The molecule has 0 aromatic heterocycles. The number of amides is 1. The predicted octanol–water partition coefficient (Wildman–Crippen LogP) is 2.78. The van der Waals surface area contributed by atoms with E-state index >= 15 is 0 Å². The van der Waals surface area contributed by atoms with Gasteiger partial charge in [0.1, 0.15) is 18.8 Å². The number of anilines is 1. The van der Waals surface area contributed by atoms with E-state index in [1.165, 1.54) is 6.07 Å². The highest BCUT2D eigenvalue weighted by Gasteiger charge is 2.27. The van der Waals surface area contributed by atoms with E-state index in [4.69, 9.17) is 14.2 Å². The van der Waals surface area contributed by atoms with Crippen molar-refractivity contribution in [1.29, 1.82) is 0 Å². The summed E-state index contributed by atoms with van der Waals surface area (Å²) < 4.78 is 15.6. The molecule has 1 N–H and O–H groups in total. The van der Waals surface area contributed by atoms with Crippen molar-refractivity contribution in [1.82, 2.24) is 0 Å². The number of ether oxygens (including phenoxy) is 3. The molecule has 1 aliphatic heterocycles. The monoisotopic (exact) mass is 386 g/mol. The summed E-state index contributed by atoms with van der Waals surface area (Å²) in [6.45, 7) is 3.72. The van der Waals surface area contributed by atoms with Crippen molar-refractivity contribution >= 4 is 23.3 Å². The molecule has 9 nitrogen and oxygen atoms in total. The van der Waals surface area contributed by atoms with Crippen molar-refractivity contribution in [2.24, 2.45) is 0 Å². The lowest BCUT2D eigenvalue weighted by Gasteiger charge is -2.18. The minimum absolute atomic E-state index is 0.182. The largest absolute Gasteiger partial charge is 0.486 e. The number of carbonyl (C=O) groups excluding carboxylic acids is 2. The van der Waals surface area contributed by atoms with Gasteiger partial charge in [-0.2, -0.15) is 0 Å². The lowest BCUT2D eigenvalue weighted by molar-refractivity contribution is -0.385. The first-order chi connectivity index (χ1) is 13.3. The van der Waals surface area contributed by atoms with Gasteiger partial charge in [-0.25, -0.2) is 4.79 Å². The molecule has 2 aromatic rings. The summed E-state index contributed by atoms with van der Waals surface area (Å²) in [4.78, 5) is 34.9. The summed E-state index contributed by atoms with van der Waals surface area (Å²) in [7, 11) is 0. The van der Waals surface area contributed by atoms with E-state index in [0.29, 0.717) is 5.69 Å². The fourth-order valence-electron chi connectivity index (χ4n) is 2.85. The van der Waals surface area contributed by atoms with Gasteiger partial charge in [0.05, 0.1) is 11.0 Å². The van der Waals surface area contributed by atoms with Crippen LogP contribution in [0.3, 0.4) is 0 Å². The van der Waals surface area contributed by atoms with Crippen LogP contribution in [-0.2, 0) is 9.53 Å². The minimum Gasteiger partial charge on any atom is -0.486 e. The third-order valence-electron chi connectivity index (χ3n) is 3.92. The van der Waals surface area contributed by atoms with Crippen molar-refractivity contribution in [2.45, 2.75) is 13.8 Å². The molecule has 0 bridgehead atoms. The summed E-state index contributed by atoms with van der Waals surface area (Å²) in [5.74, 6) is -1.16. The molecule has 0 fully saturated rings. The smallest absolute Gasteiger partial charge is 0.345 e. The Balaban J connectivity index is 1.70. The topological polar surface area (TPSA) is 117 Å². The zero-order valence-electron chi connectivity index (χ0n) is 15.3. The average Bonchev–Trinajstić information content (AvgIpc) is 2.64. The number of nitrogens with one attached hydrogen (secondary N) is 1. The normalized spacial score (nSPS) is 12.2. The van der Waals surface area contributed by atoms with Crippen LogP contribution in [0.1, 0.15) is 21.5 Å². The van der Waals surface area contributed by atoms with Gasteiger partial charge in [0.15, 0.2) is 18.1 Å². The Morgan fingerprint density at radius 2 is 1.68 bits per heavy atom. The van der Waals surface area contributed by atoms with Gasteiger partial charge in [0.2, 0.25) is 0 Å². The van der Waals surface area contributed by atoms with Gasteiger partial charge in [-0.3, -0.25) is 14.9 Å². The molecule has 28 heavy (non-hydrogen) atoms. The Bertz CT molecular complexity index is 935. The van der Waals surface area contributed by atoms with Crippen LogP contribution in [0.25, 0.3) is 0 Å². The number of nitro benzene ring substituents is 1. The van der Waals surface area contributed by atoms with Crippen LogP contribution in [0, 0.1) is 24.0 Å². The fraction of sp³-hybridized carbons (Fsp3) is 0.263. The molecular weight excluding hydrogens is 368 g/mol. The second kappa shape index (κ2) is 7.95. The molecule has 3 rings (SSSR count). The molecule has 0 saturated carbocycles. The summed E-state index contributed by atoms with van der Waals surface area (Å²) in [6.07, 6.45) is 0. The SMILES string of the molecule is Cc1cc(C)cc(NC(=O)COC(=O)c2cc3c(cc2[N+](=O)[O-])OCCO3)c1. The quantitative estimate of drug-likeness (QED) is 0.477. The van der Waals surface area contributed by atoms with Crippen molar-refractivity contribution in [3.8, 4) is 11.5 Å². The Morgan fingerprint density at radius 1 is 1.07 bits per heavy atom.